The number of aromatic nitrogens is 2. The molecular weight excluding hydrogens is 324 g/mol. The van der Waals surface area contributed by atoms with Gasteiger partial charge in [-0.1, -0.05) is 43.9 Å². The van der Waals surface area contributed by atoms with E-state index in [1.54, 1.807) is 0 Å². The van der Waals surface area contributed by atoms with E-state index in [-0.39, 0.29) is 17.7 Å². The van der Waals surface area contributed by atoms with Gasteiger partial charge in [0.15, 0.2) is 0 Å². The maximum absolute atomic E-state index is 12.5. The second-order valence-corrected chi connectivity index (χ2v) is 7.89. The van der Waals surface area contributed by atoms with Gasteiger partial charge in [-0.05, 0) is 19.3 Å². The van der Waals surface area contributed by atoms with Crippen LogP contribution in [0.15, 0.2) is 0 Å². The highest BCUT2D eigenvalue weighted by atomic mass is 32.1. The summed E-state index contributed by atoms with van der Waals surface area (Å²) in [6.45, 7) is 2.69. The number of nitrogens with one attached hydrogen (secondary N) is 1. The summed E-state index contributed by atoms with van der Waals surface area (Å²) in [4.78, 5) is 26.7. The Balaban J connectivity index is 1.53. The normalized spacial score (nSPS) is 22.1. The Morgan fingerprint density at radius 1 is 1.29 bits per heavy atom. The molecule has 2 aliphatic rings. The average molecular weight is 350 g/mol. The number of anilines is 1. The Morgan fingerprint density at radius 2 is 2.08 bits per heavy atom. The zero-order valence-corrected chi connectivity index (χ0v) is 15.1. The van der Waals surface area contributed by atoms with Crippen molar-refractivity contribution in [3.05, 3.63) is 5.01 Å². The van der Waals surface area contributed by atoms with Crippen LogP contribution in [0.1, 0.15) is 63.3 Å². The molecule has 1 aliphatic carbocycles. The number of nitrogens with zero attached hydrogens (tertiary/aromatic N) is 3. The molecule has 2 fully saturated rings. The number of rotatable bonds is 6. The summed E-state index contributed by atoms with van der Waals surface area (Å²) in [6.07, 6.45) is 9.23. The maximum Gasteiger partial charge on any atom is 0.231 e. The minimum Gasteiger partial charge on any atom is -0.339 e. The summed E-state index contributed by atoms with van der Waals surface area (Å²) in [7, 11) is 0. The molecule has 6 nitrogen and oxygen atoms in total. The molecule has 1 unspecified atom stereocenters. The fourth-order valence-electron chi connectivity index (χ4n) is 3.59. The standard InChI is InChI=1S/C17H26N4O2S/c1-2-3-9-14-19-20-17(24-14)18-16(23)12-10-15(22)21(11-12)13-7-5-4-6-8-13/h12-13H,2-11H2,1H3,(H,18,20,23). The van der Waals surface area contributed by atoms with Crippen LogP contribution in [0.4, 0.5) is 5.13 Å². The van der Waals surface area contributed by atoms with Crippen molar-refractivity contribution in [2.45, 2.75) is 70.8 Å². The zero-order valence-electron chi connectivity index (χ0n) is 14.3. The lowest BCUT2D eigenvalue weighted by Crippen LogP contribution is -2.38. The first kappa shape index (κ1) is 17.3. The Labute approximate surface area is 147 Å². The number of likely N-dealkylation sites (tertiary alicyclic amines) is 1. The molecule has 0 aromatic carbocycles. The summed E-state index contributed by atoms with van der Waals surface area (Å²) in [5.41, 5.74) is 0. The SMILES string of the molecule is CCCCc1nnc(NC(=O)C2CC(=O)N(C3CCCCC3)C2)s1. The quantitative estimate of drug-likeness (QED) is 0.856. The number of hydrogen-bond acceptors (Lipinski definition) is 5. The van der Waals surface area contributed by atoms with Crippen LogP contribution in [-0.4, -0.2) is 39.5 Å². The summed E-state index contributed by atoms with van der Waals surface area (Å²) in [5, 5.41) is 12.5. The molecule has 1 aromatic rings. The molecule has 0 radical (unpaired) electrons. The van der Waals surface area contributed by atoms with E-state index < -0.39 is 0 Å². The molecule has 1 saturated heterocycles. The Morgan fingerprint density at radius 3 is 2.83 bits per heavy atom. The lowest BCUT2D eigenvalue weighted by molar-refractivity contribution is -0.130. The summed E-state index contributed by atoms with van der Waals surface area (Å²) < 4.78 is 0. The van der Waals surface area contributed by atoms with Crippen LogP contribution in [0, 0.1) is 5.92 Å². The van der Waals surface area contributed by atoms with E-state index in [4.69, 9.17) is 0 Å². The van der Waals surface area contributed by atoms with Gasteiger partial charge in [-0.15, -0.1) is 10.2 Å². The van der Waals surface area contributed by atoms with Crippen LogP contribution in [-0.2, 0) is 16.0 Å². The number of amides is 2. The van der Waals surface area contributed by atoms with Gasteiger partial charge in [0, 0.05) is 25.4 Å². The third kappa shape index (κ3) is 4.12. The van der Waals surface area contributed by atoms with Gasteiger partial charge in [-0.2, -0.15) is 0 Å². The second kappa shape index (κ2) is 8.05. The van der Waals surface area contributed by atoms with Crippen molar-refractivity contribution in [2.75, 3.05) is 11.9 Å². The van der Waals surface area contributed by atoms with E-state index in [0.717, 1.165) is 37.1 Å². The molecule has 132 valence electrons. The van der Waals surface area contributed by atoms with Crippen molar-refractivity contribution < 1.29 is 9.59 Å². The number of carbonyl (C=O) groups excluding carboxylic acids is 2. The van der Waals surface area contributed by atoms with Crippen LogP contribution >= 0.6 is 11.3 Å². The second-order valence-electron chi connectivity index (χ2n) is 6.83. The molecule has 1 N–H and O–H groups in total. The highest BCUT2D eigenvalue weighted by molar-refractivity contribution is 7.15. The van der Waals surface area contributed by atoms with E-state index in [2.05, 4.69) is 22.4 Å². The number of aryl methyl sites for hydroxylation is 1. The predicted octanol–water partition coefficient (Wildman–Crippen LogP) is 3.00. The monoisotopic (exact) mass is 350 g/mol. The molecule has 0 spiro atoms. The third-order valence-electron chi connectivity index (χ3n) is 4.99. The summed E-state index contributed by atoms with van der Waals surface area (Å²) in [6, 6.07) is 0.339. The predicted molar refractivity (Wildman–Crippen MR) is 93.8 cm³/mol. The van der Waals surface area contributed by atoms with Crippen LogP contribution < -0.4 is 5.32 Å². The van der Waals surface area contributed by atoms with Gasteiger partial charge in [0.25, 0.3) is 0 Å². The van der Waals surface area contributed by atoms with Crippen molar-refractivity contribution >= 4 is 28.3 Å². The van der Waals surface area contributed by atoms with Gasteiger partial charge in [0.2, 0.25) is 16.9 Å². The third-order valence-corrected chi connectivity index (χ3v) is 5.88. The number of hydrogen-bond donors (Lipinski definition) is 1. The molecule has 3 rings (SSSR count). The molecule has 2 amide bonds. The van der Waals surface area contributed by atoms with Crippen molar-refractivity contribution in [1.29, 1.82) is 0 Å². The van der Waals surface area contributed by atoms with Crippen molar-refractivity contribution in [2.24, 2.45) is 5.92 Å². The minimum absolute atomic E-state index is 0.0974. The van der Waals surface area contributed by atoms with Crippen LogP contribution in [0.25, 0.3) is 0 Å². The lowest BCUT2D eigenvalue weighted by atomic mass is 9.94. The van der Waals surface area contributed by atoms with Gasteiger partial charge < -0.3 is 10.2 Å². The summed E-state index contributed by atoms with van der Waals surface area (Å²) >= 11 is 1.44. The topological polar surface area (TPSA) is 75.2 Å². The smallest absolute Gasteiger partial charge is 0.231 e. The van der Waals surface area contributed by atoms with Gasteiger partial charge >= 0.3 is 0 Å². The van der Waals surface area contributed by atoms with E-state index in [9.17, 15) is 9.59 Å². The maximum atomic E-state index is 12.5. The van der Waals surface area contributed by atoms with E-state index in [0.29, 0.717) is 24.1 Å². The minimum atomic E-state index is -0.262. The van der Waals surface area contributed by atoms with Gasteiger partial charge in [-0.3, -0.25) is 9.59 Å². The van der Waals surface area contributed by atoms with Gasteiger partial charge in [0.1, 0.15) is 5.01 Å². The van der Waals surface area contributed by atoms with Crippen LogP contribution in [0.2, 0.25) is 0 Å². The molecule has 0 bridgehead atoms. The lowest BCUT2D eigenvalue weighted by Gasteiger charge is -2.31. The fourth-order valence-corrected chi connectivity index (χ4v) is 4.38. The Kier molecular flexibility index (Phi) is 5.81. The Hall–Kier alpha value is -1.50. The highest BCUT2D eigenvalue weighted by Gasteiger charge is 2.38. The van der Waals surface area contributed by atoms with Crippen molar-refractivity contribution in [3.63, 3.8) is 0 Å². The molecule has 24 heavy (non-hydrogen) atoms. The molecule has 1 aliphatic heterocycles. The van der Waals surface area contributed by atoms with Gasteiger partial charge in [-0.25, -0.2) is 0 Å². The molecule has 7 heteroatoms. The first-order valence-corrected chi connectivity index (χ1v) is 9.91. The first-order chi connectivity index (χ1) is 11.7. The number of carbonyl (C=O) groups is 2. The highest BCUT2D eigenvalue weighted by Crippen LogP contribution is 2.29. The first-order valence-electron chi connectivity index (χ1n) is 9.10. The van der Waals surface area contributed by atoms with E-state index in [1.165, 1.54) is 30.6 Å². The van der Waals surface area contributed by atoms with E-state index in [1.807, 2.05) is 4.90 Å². The van der Waals surface area contributed by atoms with Crippen LogP contribution in [0.5, 0.6) is 0 Å². The molecule has 1 saturated carbocycles. The largest absolute Gasteiger partial charge is 0.339 e. The molecule has 1 aromatic heterocycles. The van der Waals surface area contributed by atoms with Crippen molar-refractivity contribution in [3.8, 4) is 0 Å². The van der Waals surface area contributed by atoms with Crippen LogP contribution in [0.3, 0.4) is 0 Å². The van der Waals surface area contributed by atoms with E-state index >= 15 is 0 Å². The molecular formula is C17H26N4O2S. The zero-order chi connectivity index (χ0) is 16.9. The molecule has 1 atom stereocenters. The number of unbranched alkanes of at least 4 members (excludes halogenated alkanes) is 1. The Bertz CT molecular complexity index is 583. The van der Waals surface area contributed by atoms with Gasteiger partial charge in [0.05, 0.1) is 5.92 Å². The van der Waals surface area contributed by atoms with Crippen molar-refractivity contribution in [1.82, 2.24) is 15.1 Å². The fraction of sp³-hybridized carbons (Fsp3) is 0.765. The summed E-state index contributed by atoms with van der Waals surface area (Å²) in [5.74, 6) is -0.231. The average Bonchev–Trinajstić information content (AvgIpc) is 3.20. The molecule has 2 heterocycles.